The van der Waals surface area contributed by atoms with Crippen LogP contribution in [0, 0.1) is 11.3 Å². The Morgan fingerprint density at radius 1 is 1.50 bits per heavy atom. The van der Waals surface area contributed by atoms with E-state index in [-0.39, 0.29) is 17.5 Å². The molecule has 2 heterocycles. The maximum atomic E-state index is 12.4. The first-order chi connectivity index (χ1) is 9.72. The number of hydrogen-bond donors (Lipinski definition) is 0. The van der Waals surface area contributed by atoms with Gasteiger partial charge in [-0.2, -0.15) is 5.26 Å². The molecule has 2 aromatic heterocycles. The van der Waals surface area contributed by atoms with E-state index in [2.05, 4.69) is 4.98 Å². The molecule has 0 fully saturated rings. The molecule has 0 aromatic carbocycles. The van der Waals surface area contributed by atoms with Gasteiger partial charge in [0.1, 0.15) is 0 Å². The minimum Gasteiger partial charge on any atom is -0.452 e. The van der Waals surface area contributed by atoms with Gasteiger partial charge in [-0.15, -0.1) is 0 Å². The summed E-state index contributed by atoms with van der Waals surface area (Å²) in [5.74, 6) is -0.261. The van der Waals surface area contributed by atoms with Gasteiger partial charge in [0, 0.05) is 25.5 Å². The fourth-order valence-electron chi connectivity index (χ4n) is 1.77. The first kappa shape index (κ1) is 14.1. The smallest absolute Gasteiger partial charge is 0.259 e. The highest BCUT2D eigenvalue weighted by atomic mass is 35.5. The Kier molecular flexibility index (Phi) is 4.75. The fourth-order valence-corrected chi connectivity index (χ4v) is 1.96. The summed E-state index contributed by atoms with van der Waals surface area (Å²) in [7, 11) is 0. The molecule has 0 aliphatic carbocycles. The molecule has 0 bridgehead atoms. The first-order valence-corrected chi connectivity index (χ1v) is 6.38. The van der Waals surface area contributed by atoms with Crippen molar-refractivity contribution in [3.63, 3.8) is 0 Å². The van der Waals surface area contributed by atoms with Crippen LogP contribution in [-0.2, 0) is 6.54 Å². The average molecular weight is 290 g/mol. The molecule has 6 heteroatoms. The number of pyridine rings is 1. The van der Waals surface area contributed by atoms with Crippen LogP contribution in [0.25, 0.3) is 0 Å². The molecule has 0 saturated carbocycles. The maximum Gasteiger partial charge on any atom is 0.259 e. The highest BCUT2D eigenvalue weighted by Crippen LogP contribution is 2.19. The zero-order chi connectivity index (χ0) is 14.4. The van der Waals surface area contributed by atoms with E-state index in [1.165, 1.54) is 12.3 Å². The zero-order valence-corrected chi connectivity index (χ0v) is 11.4. The second-order valence-corrected chi connectivity index (χ2v) is 4.45. The Labute approximate surface area is 121 Å². The molecular formula is C14H12ClN3O2. The average Bonchev–Trinajstić information content (AvgIpc) is 2.90. The van der Waals surface area contributed by atoms with Gasteiger partial charge in [-0.3, -0.25) is 9.78 Å². The molecule has 0 unspecified atom stereocenters. The van der Waals surface area contributed by atoms with Crippen molar-refractivity contribution in [1.82, 2.24) is 9.88 Å². The lowest BCUT2D eigenvalue weighted by atomic mass is 10.2. The number of carbonyl (C=O) groups is 1. The highest BCUT2D eigenvalue weighted by molar-refractivity contribution is 6.32. The molecule has 0 aliphatic rings. The van der Waals surface area contributed by atoms with Gasteiger partial charge in [0.05, 0.1) is 24.3 Å². The predicted octanol–water partition coefficient (Wildman–Crippen LogP) is 2.88. The van der Waals surface area contributed by atoms with Crippen LogP contribution in [0.5, 0.6) is 0 Å². The summed E-state index contributed by atoms with van der Waals surface area (Å²) in [6.45, 7) is 0.696. The van der Waals surface area contributed by atoms with E-state index < -0.39 is 0 Å². The first-order valence-electron chi connectivity index (χ1n) is 6.00. The molecule has 2 rings (SSSR count). The van der Waals surface area contributed by atoms with E-state index in [4.69, 9.17) is 21.3 Å². The molecule has 0 saturated heterocycles. The SMILES string of the molecule is N#CCCN(Cc1cccnc1)C(=O)c1ccoc1Cl. The van der Waals surface area contributed by atoms with Gasteiger partial charge >= 0.3 is 0 Å². The molecule has 102 valence electrons. The molecule has 2 aromatic rings. The Hall–Kier alpha value is -2.32. The third kappa shape index (κ3) is 3.37. The van der Waals surface area contributed by atoms with Crippen molar-refractivity contribution in [2.75, 3.05) is 6.54 Å². The fraction of sp³-hybridized carbons (Fsp3) is 0.214. The van der Waals surface area contributed by atoms with Crippen LogP contribution >= 0.6 is 11.6 Å². The normalized spacial score (nSPS) is 10.0. The number of carbonyl (C=O) groups excluding carboxylic acids is 1. The van der Waals surface area contributed by atoms with Gasteiger partial charge in [0.25, 0.3) is 5.91 Å². The number of nitrogens with zero attached hydrogens (tertiary/aromatic N) is 3. The number of rotatable bonds is 5. The van der Waals surface area contributed by atoms with Crippen LogP contribution in [-0.4, -0.2) is 22.3 Å². The Morgan fingerprint density at radius 3 is 2.95 bits per heavy atom. The van der Waals surface area contributed by atoms with Crippen molar-refractivity contribution in [3.8, 4) is 6.07 Å². The van der Waals surface area contributed by atoms with Gasteiger partial charge in [0.2, 0.25) is 5.22 Å². The predicted molar refractivity (Wildman–Crippen MR) is 72.9 cm³/mol. The van der Waals surface area contributed by atoms with E-state index in [1.807, 2.05) is 12.1 Å². The summed E-state index contributed by atoms with van der Waals surface area (Å²) in [6, 6.07) is 7.22. The highest BCUT2D eigenvalue weighted by Gasteiger charge is 2.20. The summed E-state index contributed by atoms with van der Waals surface area (Å²) in [5.41, 5.74) is 1.19. The summed E-state index contributed by atoms with van der Waals surface area (Å²) in [6.07, 6.45) is 4.96. The van der Waals surface area contributed by atoms with Crippen LogP contribution in [0.4, 0.5) is 0 Å². The Bertz CT molecular complexity index is 619. The minimum atomic E-state index is -0.261. The molecule has 0 atom stereocenters. The standard InChI is InChI=1S/C14H12ClN3O2/c15-13-12(4-8-20-13)14(19)18(7-2-5-16)10-11-3-1-6-17-9-11/h1,3-4,6,8-9H,2,7,10H2. The Morgan fingerprint density at radius 2 is 2.35 bits per heavy atom. The second-order valence-electron chi connectivity index (χ2n) is 4.10. The van der Waals surface area contributed by atoms with Crippen molar-refractivity contribution in [2.45, 2.75) is 13.0 Å². The van der Waals surface area contributed by atoms with Gasteiger partial charge < -0.3 is 9.32 Å². The van der Waals surface area contributed by atoms with Gasteiger partial charge in [-0.25, -0.2) is 0 Å². The zero-order valence-electron chi connectivity index (χ0n) is 10.6. The lowest BCUT2D eigenvalue weighted by Crippen LogP contribution is -2.31. The number of amides is 1. The number of hydrogen-bond acceptors (Lipinski definition) is 4. The van der Waals surface area contributed by atoms with E-state index in [9.17, 15) is 4.79 Å². The quantitative estimate of drug-likeness (QED) is 0.848. The number of halogens is 1. The monoisotopic (exact) mass is 289 g/mol. The number of aromatic nitrogens is 1. The van der Waals surface area contributed by atoms with Crippen molar-refractivity contribution >= 4 is 17.5 Å². The van der Waals surface area contributed by atoms with Gasteiger partial charge in [-0.1, -0.05) is 6.07 Å². The summed E-state index contributed by atoms with van der Waals surface area (Å²) < 4.78 is 4.93. The van der Waals surface area contributed by atoms with Crippen molar-refractivity contribution in [1.29, 1.82) is 5.26 Å². The lowest BCUT2D eigenvalue weighted by molar-refractivity contribution is 0.0746. The molecular weight excluding hydrogens is 278 g/mol. The maximum absolute atomic E-state index is 12.4. The minimum absolute atomic E-state index is 0.0585. The number of furan rings is 1. The molecule has 0 N–H and O–H groups in total. The third-order valence-electron chi connectivity index (χ3n) is 2.73. The van der Waals surface area contributed by atoms with Crippen LogP contribution in [0.2, 0.25) is 5.22 Å². The van der Waals surface area contributed by atoms with E-state index in [0.29, 0.717) is 18.7 Å². The van der Waals surface area contributed by atoms with Crippen molar-refractivity contribution in [3.05, 3.63) is 53.2 Å². The molecule has 0 spiro atoms. The van der Waals surface area contributed by atoms with Gasteiger partial charge in [0.15, 0.2) is 0 Å². The summed E-state index contributed by atoms with van der Waals surface area (Å²) >= 11 is 5.82. The van der Waals surface area contributed by atoms with Crippen LogP contribution < -0.4 is 0 Å². The van der Waals surface area contributed by atoms with E-state index >= 15 is 0 Å². The topological polar surface area (TPSA) is 70.1 Å². The van der Waals surface area contributed by atoms with E-state index in [0.717, 1.165) is 5.56 Å². The van der Waals surface area contributed by atoms with E-state index in [1.54, 1.807) is 23.4 Å². The summed E-state index contributed by atoms with van der Waals surface area (Å²) in [4.78, 5) is 18.0. The largest absolute Gasteiger partial charge is 0.452 e. The van der Waals surface area contributed by atoms with Crippen LogP contribution in [0.3, 0.4) is 0 Å². The van der Waals surface area contributed by atoms with Crippen molar-refractivity contribution in [2.24, 2.45) is 0 Å². The molecule has 0 radical (unpaired) electrons. The summed E-state index contributed by atoms with van der Waals surface area (Å²) in [5, 5.41) is 8.76. The van der Waals surface area contributed by atoms with Crippen LogP contribution in [0.1, 0.15) is 22.3 Å². The van der Waals surface area contributed by atoms with Gasteiger partial charge in [-0.05, 0) is 29.3 Å². The molecule has 0 aliphatic heterocycles. The van der Waals surface area contributed by atoms with Crippen LogP contribution in [0.15, 0.2) is 41.3 Å². The van der Waals surface area contributed by atoms with Crippen molar-refractivity contribution < 1.29 is 9.21 Å². The third-order valence-corrected chi connectivity index (χ3v) is 3.02. The number of nitriles is 1. The second kappa shape index (κ2) is 6.73. The molecule has 5 nitrogen and oxygen atoms in total. The lowest BCUT2D eigenvalue weighted by Gasteiger charge is -2.21. The molecule has 1 amide bonds. The molecule has 20 heavy (non-hydrogen) atoms. The Balaban J connectivity index is 2.17.